The Bertz CT molecular complexity index is 1070. The molecule has 0 bridgehead atoms. The van der Waals surface area contributed by atoms with Crippen LogP contribution in [0.4, 0.5) is 0 Å². The summed E-state index contributed by atoms with van der Waals surface area (Å²) in [5.74, 6) is -3.07. The number of nitrogens with zero attached hydrogens (tertiary/aromatic N) is 1. The Morgan fingerprint density at radius 1 is 0.619 bits per heavy atom. The molecule has 236 valence electrons. The van der Waals surface area contributed by atoms with Gasteiger partial charge in [0.25, 0.3) is 0 Å². The lowest BCUT2D eigenvalue weighted by Gasteiger charge is -2.39. The molecule has 0 amide bonds. The zero-order valence-electron chi connectivity index (χ0n) is 26.3. The molecule has 2 aromatic carbocycles. The molecule has 0 saturated carbocycles. The van der Waals surface area contributed by atoms with Crippen LogP contribution in [-0.2, 0) is 9.84 Å². The van der Waals surface area contributed by atoms with E-state index in [2.05, 4.69) is 27.7 Å². The molecule has 0 aromatic heterocycles. The molecule has 0 aliphatic rings. The van der Waals surface area contributed by atoms with Gasteiger partial charge in [-0.1, -0.05) is 83.7 Å². The van der Waals surface area contributed by atoms with Crippen LogP contribution in [0.25, 0.3) is 0 Å². The van der Waals surface area contributed by atoms with E-state index in [4.69, 9.17) is 5.11 Å². The van der Waals surface area contributed by atoms with Crippen LogP contribution >= 0.6 is 0 Å². The molecule has 0 aliphatic heterocycles. The highest BCUT2D eigenvalue weighted by Crippen LogP contribution is 2.26. The lowest BCUT2D eigenvalue weighted by atomic mass is 10.1. The predicted molar refractivity (Wildman–Crippen MR) is 167 cm³/mol. The van der Waals surface area contributed by atoms with Gasteiger partial charge >= 0.3 is 5.97 Å². The molecule has 7 nitrogen and oxygen atoms in total. The van der Waals surface area contributed by atoms with Gasteiger partial charge in [-0.2, -0.15) is 0 Å². The first-order valence-corrected chi connectivity index (χ1v) is 17.3. The van der Waals surface area contributed by atoms with E-state index in [1.54, 1.807) is 0 Å². The van der Waals surface area contributed by atoms with Crippen molar-refractivity contribution in [3.8, 4) is 0 Å². The number of quaternary nitrogens is 1. The monoisotopic (exact) mass is 603 g/mol. The van der Waals surface area contributed by atoms with Gasteiger partial charge in [-0.05, 0) is 69.6 Å². The van der Waals surface area contributed by atoms with E-state index in [-0.39, 0.29) is 0 Å². The van der Waals surface area contributed by atoms with Gasteiger partial charge in [0.2, 0.25) is 9.84 Å². The molecule has 0 unspecified atom stereocenters. The fourth-order valence-electron chi connectivity index (χ4n) is 5.33. The smallest absolute Gasteiger partial charge is 0.337 e. The lowest BCUT2D eigenvalue weighted by molar-refractivity contribution is -0.929. The highest BCUT2D eigenvalue weighted by Gasteiger charge is 2.27. The van der Waals surface area contributed by atoms with Gasteiger partial charge in [-0.15, -0.1) is 0 Å². The maximum absolute atomic E-state index is 12.5. The Morgan fingerprint density at radius 2 is 0.952 bits per heavy atom. The largest absolute Gasteiger partial charge is 0.545 e. The van der Waals surface area contributed by atoms with Crippen molar-refractivity contribution in [3.05, 3.63) is 59.7 Å². The zero-order chi connectivity index (χ0) is 31.4. The van der Waals surface area contributed by atoms with Gasteiger partial charge in [0.05, 0.1) is 47.5 Å². The average Bonchev–Trinajstić information content (AvgIpc) is 2.98. The third kappa shape index (κ3) is 12.3. The third-order valence-corrected chi connectivity index (χ3v) is 9.62. The Balaban J connectivity index is 0.000000420. The van der Waals surface area contributed by atoms with E-state index in [1.165, 1.54) is 132 Å². The number of unbranched alkanes of at least 4 members (excludes halogenated alkanes) is 8. The van der Waals surface area contributed by atoms with Crippen molar-refractivity contribution in [3.63, 3.8) is 0 Å². The molecule has 2 aromatic rings. The first-order chi connectivity index (χ1) is 20.1. The molecule has 0 saturated heterocycles. The molecule has 2 rings (SSSR count). The maximum Gasteiger partial charge on any atom is 0.337 e. The van der Waals surface area contributed by atoms with Crippen molar-refractivity contribution in [2.75, 3.05) is 26.2 Å². The highest BCUT2D eigenvalue weighted by molar-refractivity contribution is 7.91. The lowest BCUT2D eigenvalue weighted by Crippen LogP contribution is -2.50. The summed E-state index contributed by atoms with van der Waals surface area (Å²) in [5.41, 5.74) is -0.941. The number of rotatable bonds is 20. The Labute approximate surface area is 254 Å². The first kappa shape index (κ1) is 37.3. The molecule has 1 N–H and O–H groups in total. The summed E-state index contributed by atoms with van der Waals surface area (Å²) in [6, 6.07) is 9.89. The van der Waals surface area contributed by atoms with E-state index in [0.29, 0.717) is 0 Å². The van der Waals surface area contributed by atoms with E-state index in [0.717, 1.165) is 24.3 Å². The Hall–Kier alpha value is -2.71. The van der Waals surface area contributed by atoms with E-state index < -0.39 is 42.7 Å². The number of carboxylic acids is 2. The van der Waals surface area contributed by atoms with Crippen molar-refractivity contribution < 1.29 is 32.7 Å². The minimum absolute atomic E-state index is 0.425. The minimum Gasteiger partial charge on any atom is -0.545 e. The van der Waals surface area contributed by atoms with Crippen LogP contribution < -0.4 is 5.11 Å². The van der Waals surface area contributed by atoms with Crippen LogP contribution in [0, 0.1) is 0 Å². The molecule has 0 atom stereocenters. The second kappa shape index (κ2) is 20.2. The molecule has 0 radical (unpaired) electrons. The topological polar surface area (TPSA) is 112 Å². The quantitative estimate of drug-likeness (QED) is 0.127. The van der Waals surface area contributed by atoms with Crippen molar-refractivity contribution >= 4 is 21.8 Å². The summed E-state index contributed by atoms with van der Waals surface area (Å²) < 4.78 is 26.5. The molecule has 0 aliphatic carbocycles. The second-order valence-electron chi connectivity index (χ2n) is 11.2. The van der Waals surface area contributed by atoms with E-state index in [1.807, 2.05) is 0 Å². The standard InChI is InChI=1S/C20H44N.C14H10O6S/c1-5-9-13-17-21(18-14-10-6-2,19-15-11-7-3)20-16-12-8-4;15-13(16)9-5-1-3-7-11(9)21(19,20)12-8-4-2-6-10(12)14(17)18/h5-20H2,1-4H3;1-8H,(H,15,16)(H,17,18)/q+1;/p-1. The van der Waals surface area contributed by atoms with Crippen LogP contribution in [0.1, 0.15) is 125 Å². The Morgan fingerprint density at radius 3 is 1.29 bits per heavy atom. The van der Waals surface area contributed by atoms with Gasteiger partial charge in [-0.25, -0.2) is 13.2 Å². The molecule has 8 heteroatoms. The van der Waals surface area contributed by atoms with Gasteiger partial charge in [0, 0.05) is 5.56 Å². The molecule has 0 fully saturated rings. The third-order valence-electron chi connectivity index (χ3n) is 7.75. The van der Waals surface area contributed by atoms with Crippen molar-refractivity contribution in [1.82, 2.24) is 0 Å². The maximum atomic E-state index is 12.5. The van der Waals surface area contributed by atoms with Crippen molar-refractivity contribution in [2.45, 2.75) is 115 Å². The number of aromatic carboxylic acids is 2. The van der Waals surface area contributed by atoms with Gasteiger partial charge < -0.3 is 19.5 Å². The SMILES string of the molecule is CCCCC[N+](CCCCC)(CCCCC)CCCCC.O=C([O-])c1ccccc1S(=O)(=O)c1ccccc1C(=O)O. The van der Waals surface area contributed by atoms with Crippen LogP contribution in [0.2, 0.25) is 0 Å². The summed E-state index contributed by atoms with van der Waals surface area (Å²) in [4.78, 5) is 21.2. The molecule has 0 heterocycles. The normalized spacial score (nSPS) is 11.5. The van der Waals surface area contributed by atoms with Crippen LogP contribution in [-0.4, -0.2) is 56.1 Å². The summed E-state index contributed by atoms with van der Waals surface area (Å²) in [7, 11) is -4.29. The molecular formula is C34H53NO6S. The fraction of sp³-hybridized carbons (Fsp3) is 0.588. The predicted octanol–water partition coefficient (Wildman–Crippen LogP) is 7.15. The number of carbonyl (C=O) groups excluding carboxylic acids is 1. The molecule has 0 spiro atoms. The van der Waals surface area contributed by atoms with Gasteiger partial charge in [-0.3, -0.25) is 0 Å². The highest BCUT2D eigenvalue weighted by atomic mass is 32.2. The number of benzene rings is 2. The average molecular weight is 604 g/mol. The van der Waals surface area contributed by atoms with Crippen molar-refractivity contribution in [2.24, 2.45) is 0 Å². The number of hydrogen-bond donors (Lipinski definition) is 1. The zero-order valence-corrected chi connectivity index (χ0v) is 27.1. The van der Waals surface area contributed by atoms with Crippen LogP contribution in [0.3, 0.4) is 0 Å². The van der Waals surface area contributed by atoms with E-state index >= 15 is 0 Å². The van der Waals surface area contributed by atoms with Crippen LogP contribution in [0.15, 0.2) is 58.3 Å². The van der Waals surface area contributed by atoms with Gasteiger partial charge in [0.15, 0.2) is 0 Å². The first-order valence-electron chi connectivity index (χ1n) is 15.8. The number of sulfone groups is 1. The summed E-state index contributed by atoms with van der Waals surface area (Å²) >= 11 is 0. The molecule has 42 heavy (non-hydrogen) atoms. The van der Waals surface area contributed by atoms with Gasteiger partial charge in [0.1, 0.15) is 0 Å². The fourth-order valence-corrected chi connectivity index (χ4v) is 6.96. The molecular weight excluding hydrogens is 550 g/mol. The minimum atomic E-state index is -4.29. The number of hydrogen-bond acceptors (Lipinski definition) is 5. The summed E-state index contributed by atoms with van der Waals surface area (Å²) in [5, 5.41) is 20.1. The van der Waals surface area contributed by atoms with Crippen molar-refractivity contribution in [1.29, 1.82) is 0 Å². The number of carboxylic acid groups (broad SMARTS) is 2. The summed E-state index contributed by atoms with van der Waals surface area (Å²) in [6.45, 7) is 15.1. The second-order valence-corrected chi connectivity index (χ2v) is 13.0. The van der Waals surface area contributed by atoms with Crippen LogP contribution in [0.5, 0.6) is 0 Å². The summed E-state index contributed by atoms with van der Waals surface area (Å²) in [6.07, 6.45) is 16.9. The Kier molecular flexibility index (Phi) is 18.0. The number of carbonyl (C=O) groups is 2. The van der Waals surface area contributed by atoms with E-state index in [9.17, 15) is 23.1 Å².